The van der Waals surface area contributed by atoms with Crippen molar-refractivity contribution in [3.05, 3.63) is 0 Å². The molecular formula is C10H23N. The summed E-state index contributed by atoms with van der Waals surface area (Å²) in [6, 6.07) is 0. The first-order valence-corrected chi connectivity index (χ1v) is 4.70. The van der Waals surface area contributed by atoms with Crippen LogP contribution in [-0.4, -0.2) is 0 Å². The van der Waals surface area contributed by atoms with Gasteiger partial charge in [0.2, 0.25) is 0 Å². The van der Waals surface area contributed by atoms with Gasteiger partial charge in [-0.3, -0.25) is 0 Å². The molecule has 0 amide bonds. The molecule has 3 N–H and O–H groups in total. The average molecular weight is 157 g/mol. The summed E-state index contributed by atoms with van der Waals surface area (Å²) in [7, 11) is 0. The standard InChI is InChI=1S/C10H20.H3N/c1-8(2)10-6-4-9(3)5-7-10;/h8-10H,4-7H2,1-3H3;1H3. The Labute approximate surface area is 71.2 Å². The molecule has 1 heteroatoms. The Hall–Kier alpha value is -0.0400. The van der Waals surface area contributed by atoms with Gasteiger partial charge < -0.3 is 6.15 Å². The Morgan fingerprint density at radius 3 is 1.82 bits per heavy atom. The molecule has 1 aliphatic carbocycles. The lowest BCUT2D eigenvalue weighted by atomic mass is 9.78. The third-order valence-electron chi connectivity index (χ3n) is 3.00. The van der Waals surface area contributed by atoms with E-state index in [4.69, 9.17) is 0 Å². The second-order valence-electron chi connectivity index (χ2n) is 4.26. The minimum atomic E-state index is 0. The topological polar surface area (TPSA) is 35.0 Å². The molecule has 1 fully saturated rings. The smallest absolute Gasteiger partial charge is 0.0391 e. The van der Waals surface area contributed by atoms with Gasteiger partial charge in [-0.15, -0.1) is 0 Å². The summed E-state index contributed by atoms with van der Waals surface area (Å²) in [5.41, 5.74) is 0. The number of hydrogen-bond donors (Lipinski definition) is 1. The monoisotopic (exact) mass is 157 g/mol. The zero-order valence-electron chi connectivity index (χ0n) is 8.27. The lowest BCUT2D eigenvalue weighted by Crippen LogP contribution is -2.16. The Bertz CT molecular complexity index is 91.0. The van der Waals surface area contributed by atoms with Crippen LogP contribution >= 0.6 is 0 Å². The van der Waals surface area contributed by atoms with Crippen molar-refractivity contribution in [1.29, 1.82) is 0 Å². The van der Waals surface area contributed by atoms with Gasteiger partial charge in [-0.2, -0.15) is 0 Å². The van der Waals surface area contributed by atoms with Crippen molar-refractivity contribution < 1.29 is 0 Å². The molecule has 0 aromatic rings. The predicted molar refractivity (Wildman–Crippen MR) is 51.0 cm³/mol. The van der Waals surface area contributed by atoms with Gasteiger partial charge in [-0.25, -0.2) is 0 Å². The van der Waals surface area contributed by atoms with E-state index in [1.807, 2.05) is 0 Å². The Balaban J connectivity index is 0.000001000. The zero-order chi connectivity index (χ0) is 7.56. The second kappa shape index (κ2) is 4.76. The van der Waals surface area contributed by atoms with Crippen LogP contribution in [0.15, 0.2) is 0 Å². The Kier molecular flexibility index (Phi) is 4.74. The van der Waals surface area contributed by atoms with Gasteiger partial charge in [0.25, 0.3) is 0 Å². The van der Waals surface area contributed by atoms with Crippen molar-refractivity contribution in [2.75, 3.05) is 0 Å². The van der Waals surface area contributed by atoms with Crippen LogP contribution in [0.1, 0.15) is 46.5 Å². The van der Waals surface area contributed by atoms with E-state index in [0.717, 1.165) is 17.8 Å². The van der Waals surface area contributed by atoms with E-state index in [9.17, 15) is 0 Å². The van der Waals surface area contributed by atoms with Crippen molar-refractivity contribution >= 4 is 0 Å². The van der Waals surface area contributed by atoms with E-state index in [2.05, 4.69) is 20.8 Å². The van der Waals surface area contributed by atoms with E-state index < -0.39 is 0 Å². The lowest BCUT2D eigenvalue weighted by molar-refractivity contribution is 0.234. The third-order valence-corrected chi connectivity index (χ3v) is 3.00. The fourth-order valence-electron chi connectivity index (χ4n) is 1.95. The molecule has 0 heterocycles. The highest BCUT2D eigenvalue weighted by molar-refractivity contribution is 4.71. The van der Waals surface area contributed by atoms with E-state index in [-0.39, 0.29) is 6.15 Å². The van der Waals surface area contributed by atoms with Crippen molar-refractivity contribution in [1.82, 2.24) is 6.15 Å². The largest absolute Gasteiger partial charge is 0.344 e. The molecule has 0 atom stereocenters. The van der Waals surface area contributed by atoms with Crippen molar-refractivity contribution in [3.63, 3.8) is 0 Å². The molecule has 0 spiro atoms. The summed E-state index contributed by atoms with van der Waals surface area (Å²) in [6.07, 6.45) is 5.92. The van der Waals surface area contributed by atoms with Gasteiger partial charge in [0.1, 0.15) is 0 Å². The fraction of sp³-hybridized carbons (Fsp3) is 1.00. The number of hydrogen-bond acceptors (Lipinski definition) is 1. The van der Waals surface area contributed by atoms with Gasteiger partial charge in [-0.1, -0.05) is 33.6 Å². The quantitative estimate of drug-likeness (QED) is 0.619. The molecule has 0 aromatic carbocycles. The number of rotatable bonds is 1. The van der Waals surface area contributed by atoms with Crippen LogP contribution in [0, 0.1) is 17.8 Å². The first kappa shape index (κ1) is 11.0. The van der Waals surface area contributed by atoms with Crippen LogP contribution in [0.5, 0.6) is 0 Å². The summed E-state index contributed by atoms with van der Waals surface area (Å²) in [5, 5.41) is 0. The molecule has 1 nitrogen and oxygen atoms in total. The second-order valence-corrected chi connectivity index (χ2v) is 4.26. The van der Waals surface area contributed by atoms with E-state index in [0.29, 0.717) is 0 Å². The average Bonchev–Trinajstić information content (AvgIpc) is 1.88. The highest BCUT2D eigenvalue weighted by atomic mass is 14.3. The van der Waals surface area contributed by atoms with Crippen LogP contribution in [0.2, 0.25) is 0 Å². The highest BCUT2D eigenvalue weighted by Gasteiger charge is 2.19. The molecule has 1 aliphatic rings. The van der Waals surface area contributed by atoms with Gasteiger partial charge in [-0.05, 0) is 30.6 Å². The van der Waals surface area contributed by atoms with Crippen LogP contribution in [-0.2, 0) is 0 Å². The minimum Gasteiger partial charge on any atom is -0.344 e. The van der Waals surface area contributed by atoms with E-state index in [1.54, 1.807) is 0 Å². The molecule has 0 saturated heterocycles. The van der Waals surface area contributed by atoms with Gasteiger partial charge in [0.15, 0.2) is 0 Å². The zero-order valence-corrected chi connectivity index (χ0v) is 8.27. The van der Waals surface area contributed by atoms with Crippen LogP contribution < -0.4 is 6.15 Å². The molecule has 0 unspecified atom stereocenters. The Morgan fingerprint density at radius 2 is 1.45 bits per heavy atom. The molecule has 0 bridgehead atoms. The highest BCUT2D eigenvalue weighted by Crippen LogP contribution is 2.32. The SMILES string of the molecule is CC1CCC(C(C)C)CC1.N. The van der Waals surface area contributed by atoms with Crippen molar-refractivity contribution in [3.8, 4) is 0 Å². The van der Waals surface area contributed by atoms with Crippen LogP contribution in [0.4, 0.5) is 0 Å². The van der Waals surface area contributed by atoms with Crippen molar-refractivity contribution in [2.24, 2.45) is 17.8 Å². The fourth-order valence-corrected chi connectivity index (χ4v) is 1.95. The molecule has 0 radical (unpaired) electrons. The normalized spacial score (nSPS) is 31.6. The molecule has 1 saturated carbocycles. The molecule has 0 aromatic heterocycles. The molecule has 1 rings (SSSR count). The third kappa shape index (κ3) is 3.24. The summed E-state index contributed by atoms with van der Waals surface area (Å²) in [5.74, 6) is 2.97. The van der Waals surface area contributed by atoms with Gasteiger partial charge >= 0.3 is 0 Å². The molecule has 68 valence electrons. The Morgan fingerprint density at radius 1 is 1.00 bits per heavy atom. The van der Waals surface area contributed by atoms with E-state index in [1.165, 1.54) is 25.7 Å². The van der Waals surface area contributed by atoms with Crippen molar-refractivity contribution in [2.45, 2.75) is 46.5 Å². The maximum Gasteiger partial charge on any atom is -0.0391 e. The summed E-state index contributed by atoms with van der Waals surface area (Å²) in [4.78, 5) is 0. The summed E-state index contributed by atoms with van der Waals surface area (Å²) < 4.78 is 0. The summed E-state index contributed by atoms with van der Waals surface area (Å²) in [6.45, 7) is 7.11. The maximum atomic E-state index is 2.39. The summed E-state index contributed by atoms with van der Waals surface area (Å²) >= 11 is 0. The van der Waals surface area contributed by atoms with Gasteiger partial charge in [0, 0.05) is 0 Å². The van der Waals surface area contributed by atoms with E-state index >= 15 is 0 Å². The molecule has 0 aliphatic heterocycles. The molecule has 11 heavy (non-hydrogen) atoms. The first-order chi connectivity index (χ1) is 4.70. The van der Waals surface area contributed by atoms with Crippen LogP contribution in [0.25, 0.3) is 0 Å². The van der Waals surface area contributed by atoms with Crippen LogP contribution in [0.3, 0.4) is 0 Å². The van der Waals surface area contributed by atoms with Gasteiger partial charge in [0.05, 0.1) is 0 Å². The minimum absolute atomic E-state index is 0. The predicted octanol–water partition coefficient (Wildman–Crippen LogP) is 3.63. The molecular weight excluding hydrogens is 134 g/mol. The first-order valence-electron chi connectivity index (χ1n) is 4.70. The maximum absolute atomic E-state index is 2.39. The lowest BCUT2D eigenvalue weighted by Gasteiger charge is -2.28.